The van der Waals surface area contributed by atoms with E-state index >= 15 is 0 Å². The molecule has 0 spiro atoms. The zero-order valence-electron chi connectivity index (χ0n) is 38.0. The van der Waals surface area contributed by atoms with Crippen molar-refractivity contribution in [3.63, 3.8) is 0 Å². The molecule has 7 N–H and O–H groups in total. The number of amides is 2. The maximum atomic E-state index is 13.8. The number of unbranched alkanes of at least 4 members (excludes halogenated alkanes) is 10. The SMILES string of the molecule is CCCCCCCCCCCC(=O)C[C@@H](CCCCN)C(=O)N[C@H](C(=O)C[C@@H](C)C(=O)N[C@@H](CCCCN)C(=O)C[C@@H](C)B1OC2C[C@@H]3C[C@@H](C3(C)C)[C@]2(C)O1)[C@@H](C)O. The number of nitrogens with one attached hydrogen (secondary N) is 2. The lowest BCUT2D eigenvalue weighted by Crippen LogP contribution is -2.65. The Morgan fingerprint density at radius 1 is 0.746 bits per heavy atom. The summed E-state index contributed by atoms with van der Waals surface area (Å²) >= 11 is 0. The lowest BCUT2D eigenvalue weighted by molar-refractivity contribution is -0.199. The maximum absolute atomic E-state index is 13.8. The summed E-state index contributed by atoms with van der Waals surface area (Å²) in [6.07, 6.45) is 15.2. The van der Waals surface area contributed by atoms with Gasteiger partial charge in [0.25, 0.3) is 0 Å². The monoisotopic (exact) mass is 831 g/mol. The van der Waals surface area contributed by atoms with Crippen LogP contribution in [0.4, 0.5) is 0 Å². The van der Waals surface area contributed by atoms with Gasteiger partial charge in [0.2, 0.25) is 11.8 Å². The molecule has 1 heterocycles. The van der Waals surface area contributed by atoms with E-state index in [0.29, 0.717) is 69.9 Å². The molecule has 0 aromatic carbocycles. The second kappa shape index (κ2) is 25.1. The molecule has 4 rings (SSSR count). The summed E-state index contributed by atoms with van der Waals surface area (Å²) in [5.41, 5.74) is 11.3. The molecule has 1 saturated heterocycles. The summed E-state index contributed by atoms with van der Waals surface area (Å²) in [6, 6.07) is -2.02. The summed E-state index contributed by atoms with van der Waals surface area (Å²) in [4.78, 5) is 67.6. The van der Waals surface area contributed by atoms with Crippen molar-refractivity contribution in [2.24, 2.45) is 40.6 Å². The Bertz CT molecular complexity index is 1350. The van der Waals surface area contributed by atoms with Gasteiger partial charge in [-0.1, -0.05) is 92.4 Å². The molecule has 3 aliphatic carbocycles. The van der Waals surface area contributed by atoms with Crippen LogP contribution in [0.25, 0.3) is 0 Å². The lowest BCUT2D eigenvalue weighted by atomic mass is 9.43. The van der Waals surface area contributed by atoms with Crippen LogP contribution in [-0.2, 0) is 33.3 Å². The van der Waals surface area contributed by atoms with Gasteiger partial charge in [-0.25, -0.2) is 0 Å². The van der Waals surface area contributed by atoms with Crippen molar-refractivity contribution < 1.29 is 38.4 Å². The van der Waals surface area contributed by atoms with Gasteiger partial charge in [0, 0.05) is 37.5 Å². The van der Waals surface area contributed by atoms with E-state index in [2.05, 4.69) is 38.3 Å². The average Bonchev–Trinajstić information content (AvgIpc) is 3.55. The minimum Gasteiger partial charge on any atom is -0.405 e. The van der Waals surface area contributed by atoms with Gasteiger partial charge in [0.15, 0.2) is 11.6 Å². The van der Waals surface area contributed by atoms with Crippen molar-refractivity contribution in [1.82, 2.24) is 10.6 Å². The van der Waals surface area contributed by atoms with Crippen LogP contribution in [0.15, 0.2) is 0 Å². The minimum atomic E-state index is -1.25. The molecule has 59 heavy (non-hydrogen) atoms. The number of rotatable bonds is 32. The van der Waals surface area contributed by atoms with Gasteiger partial charge >= 0.3 is 7.12 Å². The van der Waals surface area contributed by atoms with Crippen LogP contribution < -0.4 is 22.1 Å². The first-order chi connectivity index (χ1) is 28.0. The number of Topliss-reactive ketones (excluding diaryl/α,β-unsaturated/α-hetero) is 3. The summed E-state index contributed by atoms with van der Waals surface area (Å²) in [6.45, 7) is 14.9. The van der Waals surface area contributed by atoms with E-state index in [1.807, 2.05) is 6.92 Å². The molecule has 1 aliphatic heterocycles. The summed E-state index contributed by atoms with van der Waals surface area (Å²) in [7, 11) is -0.508. The Balaban J connectivity index is 1.54. The molecule has 13 heteroatoms. The van der Waals surface area contributed by atoms with Crippen molar-refractivity contribution in [2.75, 3.05) is 13.1 Å². The number of aliphatic hydroxyl groups excluding tert-OH is 1. The highest BCUT2D eigenvalue weighted by Gasteiger charge is 2.68. The molecule has 2 amide bonds. The van der Waals surface area contributed by atoms with E-state index in [1.165, 1.54) is 45.4 Å². The quantitative estimate of drug-likeness (QED) is 0.0356. The largest absolute Gasteiger partial charge is 0.461 e. The molecule has 4 aliphatic rings. The van der Waals surface area contributed by atoms with Gasteiger partial charge < -0.3 is 36.5 Å². The third-order valence-corrected chi connectivity index (χ3v) is 14.1. The van der Waals surface area contributed by atoms with E-state index in [1.54, 1.807) is 6.92 Å². The van der Waals surface area contributed by atoms with Crippen LogP contribution in [0.5, 0.6) is 0 Å². The molecule has 0 radical (unpaired) electrons. The molecular formula is C46H83BN4O8. The maximum Gasteiger partial charge on any atom is 0.461 e. The van der Waals surface area contributed by atoms with Gasteiger partial charge in [-0.2, -0.15) is 0 Å². The molecule has 10 atom stereocenters. The highest BCUT2D eigenvalue weighted by molar-refractivity contribution is 6.47. The number of aliphatic hydroxyl groups is 1. The number of hydrogen-bond acceptors (Lipinski definition) is 10. The molecule has 1 unspecified atom stereocenters. The van der Waals surface area contributed by atoms with E-state index < -0.39 is 54.7 Å². The molecule has 0 aromatic heterocycles. The molecule has 338 valence electrons. The highest BCUT2D eigenvalue weighted by atomic mass is 16.7. The summed E-state index contributed by atoms with van der Waals surface area (Å²) < 4.78 is 13.1. The van der Waals surface area contributed by atoms with Gasteiger partial charge in [-0.05, 0) is 101 Å². The Labute approximate surface area is 357 Å². The number of carbonyl (C=O) groups is 5. The second-order valence-electron chi connectivity index (χ2n) is 19.4. The molecule has 2 bridgehead atoms. The fraction of sp³-hybridized carbons (Fsp3) is 0.891. The van der Waals surface area contributed by atoms with Crippen molar-refractivity contribution in [3.8, 4) is 0 Å². The Hall–Kier alpha value is -2.19. The fourth-order valence-corrected chi connectivity index (χ4v) is 9.95. The fourth-order valence-electron chi connectivity index (χ4n) is 9.95. The first-order valence-electron chi connectivity index (χ1n) is 23.6. The van der Waals surface area contributed by atoms with E-state index in [0.717, 1.165) is 32.1 Å². The summed E-state index contributed by atoms with van der Waals surface area (Å²) in [5, 5.41) is 16.3. The lowest BCUT2D eigenvalue weighted by Gasteiger charge is -2.64. The highest BCUT2D eigenvalue weighted by Crippen LogP contribution is 2.66. The van der Waals surface area contributed by atoms with Gasteiger partial charge in [-0.15, -0.1) is 0 Å². The smallest absolute Gasteiger partial charge is 0.405 e. The Morgan fingerprint density at radius 3 is 1.95 bits per heavy atom. The van der Waals surface area contributed by atoms with Crippen molar-refractivity contribution >= 4 is 36.3 Å². The van der Waals surface area contributed by atoms with Crippen LogP contribution in [-0.4, -0.2) is 84.4 Å². The van der Waals surface area contributed by atoms with E-state index in [-0.39, 0.29) is 53.8 Å². The normalized spacial score (nSPS) is 24.8. The molecule has 0 aromatic rings. The van der Waals surface area contributed by atoms with Crippen LogP contribution in [0.3, 0.4) is 0 Å². The number of ketones is 3. The third-order valence-electron chi connectivity index (χ3n) is 14.1. The number of nitrogens with two attached hydrogens (primary N) is 2. The van der Waals surface area contributed by atoms with Crippen LogP contribution in [0.2, 0.25) is 5.82 Å². The zero-order valence-corrected chi connectivity index (χ0v) is 38.0. The Kier molecular flexibility index (Phi) is 21.7. The van der Waals surface area contributed by atoms with Crippen molar-refractivity contribution in [2.45, 2.75) is 219 Å². The minimum absolute atomic E-state index is 0.00873. The summed E-state index contributed by atoms with van der Waals surface area (Å²) in [5.74, 6) is -2.19. The Morgan fingerprint density at radius 2 is 1.36 bits per heavy atom. The number of hydrogen-bond donors (Lipinski definition) is 5. The van der Waals surface area contributed by atoms with Gasteiger partial charge in [-0.3, -0.25) is 24.0 Å². The van der Waals surface area contributed by atoms with Crippen LogP contribution in [0, 0.1) is 29.1 Å². The predicted molar refractivity (Wildman–Crippen MR) is 234 cm³/mol. The van der Waals surface area contributed by atoms with E-state index in [9.17, 15) is 29.1 Å². The van der Waals surface area contributed by atoms with Crippen molar-refractivity contribution in [1.29, 1.82) is 0 Å². The third kappa shape index (κ3) is 15.0. The standard InChI is InChI=1S/C46H83BN4O8/c1-8-9-10-11-12-13-14-15-16-22-36(53)28-34(21-17-19-24-48)44(57)51-42(33(4)52)39(55)26-31(2)43(56)50-37(23-18-20-25-49)38(54)27-32(3)47-58-41-30-35-29-40(45(35,5)6)46(41,7)59-47/h31-35,37,40-42,52H,8-30,48-49H2,1-7H3,(H,50,56)(H,51,57)/t31-,32-,33-,34-,35+,37+,40+,41?,42+,46+/m1/s1. The molecule has 12 nitrogen and oxygen atoms in total. The molecule has 3 saturated carbocycles. The zero-order chi connectivity index (χ0) is 43.8. The van der Waals surface area contributed by atoms with Crippen LogP contribution >= 0.6 is 0 Å². The number of carbonyl (C=O) groups excluding carboxylic acids is 5. The average molecular weight is 831 g/mol. The van der Waals surface area contributed by atoms with Gasteiger partial charge in [0.1, 0.15) is 11.8 Å². The molecular weight excluding hydrogens is 747 g/mol. The molecule has 4 fully saturated rings. The van der Waals surface area contributed by atoms with E-state index in [4.69, 9.17) is 20.8 Å². The van der Waals surface area contributed by atoms with Crippen LogP contribution in [0.1, 0.15) is 183 Å². The van der Waals surface area contributed by atoms with Gasteiger partial charge in [0.05, 0.1) is 23.9 Å². The first-order valence-corrected chi connectivity index (χ1v) is 23.6. The predicted octanol–water partition coefficient (Wildman–Crippen LogP) is 6.76. The topological polar surface area (TPSA) is 200 Å². The second-order valence-corrected chi connectivity index (χ2v) is 19.4. The van der Waals surface area contributed by atoms with Crippen molar-refractivity contribution in [3.05, 3.63) is 0 Å². The first kappa shape index (κ1) is 51.2.